The third-order valence-corrected chi connectivity index (χ3v) is 3.05. The Morgan fingerprint density at radius 2 is 1.85 bits per heavy atom. The lowest BCUT2D eigenvalue weighted by Gasteiger charge is -2.16. The first-order valence-corrected chi connectivity index (χ1v) is 6.43. The van der Waals surface area contributed by atoms with Crippen LogP contribution in [0.4, 0.5) is 14.5 Å². The summed E-state index contributed by atoms with van der Waals surface area (Å²) < 4.78 is 31.8. The van der Waals surface area contributed by atoms with Crippen LogP contribution in [0.5, 0.6) is 5.75 Å². The normalized spacial score (nSPS) is 12.0. The van der Waals surface area contributed by atoms with E-state index in [9.17, 15) is 8.78 Å². The SMILES string of the molecule is COc1cc(NC(C)Cc2ccccc2F)ccc1F. The largest absolute Gasteiger partial charge is 0.494 e. The highest BCUT2D eigenvalue weighted by molar-refractivity contribution is 5.49. The lowest BCUT2D eigenvalue weighted by molar-refractivity contribution is 0.386. The molecule has 2 aromatic rings. The van der Waals surface area contributed by atoms with E-state index >= 15 is 0 Å². The van der Waals surface area contributed by atoms with Crippen molar-refractivity contribution in [1.82, 2.24) is 0 Å². The molecule has 0 amide bonds. The number of hydrogen-bond acceptors (Lipinski definition) is 2. The maximum Gasteiger partial charge on any atom is 0.165 e. The fourth-order valence-electron chi connectivity index (χ4n) is 2.08. The maximum absolute atomic E-state index is 13.6. The van der Waals surface area contributed by atoms with Gasteiger partial charge in [0.2, 0.25) is 0 Å². The van der Waals surface area contributed by atoms with Crippen molar-refractivity contribution in [2.24, 2.45) is 0 Å². The van der Waals surface area contributed by atoms with E-state index in [-0.39, 0.29) is 17.6 Å². The average Bonchev–Trinajstić information content (AvgIpc) is 2.43. The second-order valence-electron chi connectivity index (χ2n) is 4.69. The number of rotatable bonds is 5. The molecule has 2 aromatic carbocycles. The molecule has 0 aromatic heterocycles. The van der Waals surface area contributed by atoms with Gasteiger partial charge in [0.1, 0.15) is 5.82 Å². The van der Waals surface area contributed by atoms with Gasteiger partial charge in [0.25, 0.3) is 0 Å². The number of benzene rings is 2. The lowest BCUT2D eigenvalue weighted by atomic mass is 10.1. The summed E-state index contributed by atoms with van der Waals surface area (Å²) in [4.78, 5) is 0. The van der Waals surface area contributed by atoms with E-state index in [0.29, 0.717) is 12.0 Å². The van der Waals surface area contributed by atoms with Crippen LogP contribution in [-0.4, -0.2) is 13.2 Å². The highest BCUT2D eigenvalue weighted by atomic mass is 19.1. The van der Waals surface area contributed by atoms with Gasteiger partial charge in [-0.05, 0) is 37.1 Å². The van der Waals surface area contributed by atoms with Crippen molar-refractivity contribution in [3.8, 4) is 5.75 Å². The van der Waals surface area contributed by atoms with Crippen LogP contribution in [0.1, 0.15) is 12.5 Å². The number of halogens is 2. The summed E-state index contributed by atoms with van der Waals surface area (Å²) in [6.45, 7) is 1.95. The molecule has 0 aliphatic carbocycles. The van der Waals surface area contributed by atoms with Gasteiger partial charge in [-0.2, -0.15) is 0 Å². The van der Waals surface area contributed by atoms with Crippen molar-refractivity contribution in [1.29, 1.82) is 0 Å². The van der Waals surface area contributed by atoms with Gasteiger partial charge in [-0.3, -0.25) is 0 Å². The molecular weight excluding hydrogens is 260 g/mol. The molecule has 0 saturated heterocycles. The van der Waals surface area contributed by atoms with Gasteiger partial charge in [-0.15, -0.1) is 0 Å². The molecule has 0 spiro atoms. The van der Waals surface area contributed by atoms with Crippen molar-refractivity contribution in [2.75, 3.05) is 12.4 Å². The smallest absolute Gasteiger partial charge is 0.165 e. The van der Waals surface area contributed by atoms with Crippen molar-refractivity contribution in [2.45, 2.75) is 19.4 Å². The van der Waals surface area contributed by atoms with Crippen LogP contribution in [0.2, 0.25) is 0 Å². The quantitative estimate of drug-likeness (QED) is 0.891. The summed E-state index contributed by atoms with van der Waals surface area (Å²) in [7, 11) is 1.42. The zero-order valence-electron chi connectivity index (χ0n) is 11.5. The fourth-order valence-corrected chi connectivity index (χ4v) is 2.08. The molecule has 2 nitrogen and oxygen atoms in total. The lowest BCUT2D eigenvalue weighted by Crippen LogP contribution is -2.18. The zero-order chi connectivity index (χ0) is 14.5. The second kappa shape index (κ2) is 6.37. The summed E-state index contributed by atoms with van der Waals surface area (Å²) in [6, 6.07) is 11.3. The Morgan fingerprint density at radius 1 is 1.10 bits per heavy atom. The van der Waals surface area contributed by atoms with E-state index in [1.54, 1.807) is 24.3 Å². The summed E-state index contributed by atoms with van der Waals surface area (Å²) in [5.41, 5.74) is 1.40. The molecular formula is C16H17F2NO. The van der Waals surface area contributed by atoms with E-state index in [4.69, 9.17) is 4.74 Å². The van der Waals surface area contributed by atoms with E-state index in [0.717, 1.165) is 5.69 Å². The van der Waals surface area contributed by atoms with Crippen LogP contribution in [0.15, 0.2) is 42.5 Å². The Labute approximate surface area is 117 Å². The van der Waals surface area contributed by atoms with Crippen LogP contribution in [-0.2, 0) is 6.42 Å². The fraction of sp³-hybridized carbons (Fsp3) is 0.250. The van der Waals surface area contributed by atoms with Gasteiger partial charge in [0.15, 0.2) is 11.6 Å². The van der Waals surface area contributed by atoms with Gasteiger partial charge in [0.05, 0.1) is 7.11 Å². The summed E-state index contributed by atoms with van der Waals surface area (Å²) in [6.07, 6.45) is 0.548. The molecule has 1 atom stereocenters. The van der Waals surface area contributed by atoms with Gasteiger partial charge < -0.3 is 10.1 Å². The van der Waals surface area contributed by atoms with Crippen LogP contribution >= 0.6 is 0 Å². The molecule has 2 rings (SSSR count). The van der Waals surface area contributed by atoms with Gasteiger partial charge in [0, 0.05) is 17.8 Å². The minimum absolute atomic E-state index is 0.0158. The van der Waals surface area contributed by atoms with E-state index in [1.165, 1.54) is 19.2 Å². The van der Waals surface area contributed by atoms with E-state index in [2.05, 4.69) is 5.32 Å². The molecule has 106 valence electrons. The molecule has 0 aliphatic heterocycles. The Morgan fingerprint density at radius 3 is 2.55 bits per heavy atom. The molecule has 1 N–H and O–H groups in total. The molecule has 0 bridgehead atoms. The molecule has 0 radical (unpaired) electrons. The number of anilines is 1. The monoisotopic (exact) mass is 277 g/mol. The zero-order valence-corrected chi connectivity index (χ0v) is 11.5. The van der Waals surface area contributed by atoms with Gasteiger partial charge in [-0.1, -0.05) is 18.2 Å². The average molecular weight is 277 g/mol. The third kappa shape index (κ3) is 3.47. The molecule has 0 saturated carbocycles. The summed E-state index contributed by atoms with van der Waals surface area (Å²) in [5, 5.41) is 3.21. The highest BCUT2D eigenvalue weighted by Gasteiger charge is 2.09. The molecule has 20 heavy (non-hydrogen) atoms. The van der Waals surface area contributed by atoms with Gasteiger partial charge >= 0.3 is 0 Å². The number of ether oxygens (including phenoxy) is 1. The van der Waals surface area contributed by atoms with Crippen LogP contribution < -0.4 is 10.1 Å². The first-order valence-electron chi connectivity index (χ1n) is 6.43. The predicted molar refractivity (Wildman–Crippen MR) is 76.1 cm³/mol. The van der Waals surface area contributed by atoms with E-state index < -0.39 is 5.82 Å². The number of nitrogens with one attached hydrogen (secondary N) is 1. The highest BCUT2D eigenvalue weighted by Crippen LogP contribution is 2.22. The Bertz CT molecular complexity index is 586. The Hall–Kier alpha value is -2.10. The van der Waals surface area contributed by atoms with Crippen molar-refractivity contribution in [3.63, 3.8) is 0 Å². The summed E-state index contributed by atoms with van der Waals surface area (Å²) in [5.74, 6) is -0.425. The van der Waals surface area contributed by atoms with Gasteiger partial charge in [-0.25, -0.2) is 8.78 Å². The third-order valence-electron chi connectivity index (χ3n) is 3.05. The molecule has 0 heterocycles. The van der Waals surface area contributed by atoms with Crippen molar-refractivity contribution in [3.05, 3.63) is 59.7 Å². The minimum atomic E-state index is -0.403. The topological polar surface area (TPSA) is 21.3 Å². The predicted octanol–water partition coefficient (Wildman–Crippen LogP) is 4.02. The van der Waals surface area contributed by atoms with Crippen molar-refractivity contribution < 1.29 is 13.5 Å². The number of methoxy groups -OCH3 is 1. The first kappa shape index (κ1) is 14.3. The molecule has 4 heteroatoms. The maximum atomic E-state index is 13.6. The van der Waals surface area contributed by atoms with Crippen LogP contribution in [0.25, 0.3) is 0 Å². The van der Waals surface area contributed by atoms with E-state index in [1.807, 2.05) is 13.0 Å². The number of hydrogen-bond donors (Lipinski definition) is 1. The standard InChI is InChI=1S/C16H17F2NO/c1-11(9-12-5-3-4-6-14(12)17)19-13-7-8-15(18)16(10-13)20-2/h3-8,10-11,19H,9H2,1-2H3. The van der Waals surface area contributed by atoms with Crippen LogP contribution in [0, 0.1) is 11.6 Å². The second-order valence-corrected chi connectivity index (χ2v) is 4.69. The molecule has 1 unspecified atom stereocenters. The molecule has 0 aliphatic rings. The first-order chi connectivity index (χ1) is 9.60. The van der Waals surface area contributed by atoms with Crippen LogP contribution in [0.3, 0.4) is 0 Å². The Balaban J connectivity index is 2.05. The Kier molecular flexibility index (Phi) is 4.56. The summed E-state index contributed by atoms with van der Waals surface area (Å²) >= 11 is 0. The minimum Gasteiger partial charge on any atom is -0.494 e. The van der Waals surface area contributed by atoms with Crippen molar-refractivity contribution >= 4 is 5.69 Å². The molecule has 0 fully saturated rings.